The number of aromatic nitrogens is 3. The van der Waals surface area contributed by atoms with E-state index in [9.17, 15) is 86.6 Å². The zero-order valence-corrected chi connectivity index (χ0v) is 61.0. The maximum absolute atomic E-state index is 14.9. The van der Waals surface area contributed by atoms with E-state index < -0.39 is 205 Å². The van der Waals surface area contributed by atoms with Crippen molar-refractivity contribution in [2.75, 3.05) is 26.2 Å². The number of hydrogen-bond donors (Lipinski definition) is 17. The number of carboxylic acids is 1. The lowest BCUT2D eigenvalue weighted by molar-refractivity contribution is -0.149. The summed E-state index contributed by atoms with van der Waals surface area (Å²) in [4.78, 5) is 245. The van der Waals surface area contributed by atoms with Crippen molar-refractivity contribution in [3.8, 4) is 0 Å². The molecule has 38 nitrogen and oxygen atoms in total. The molecule has 0 radical (unpaired) electrons. The largest absolute Gasteiger partial charge is 0.480 e. The fourth-order valence-electron chi connectivity index (χ4n) is 13.4. The van der Waals surface area contributed by atoms with Gasteiger partial charge >= 0.3 is 5.97 Å². The van der Waals surface area contributed by atoms with Crippen LogP contribution in [-0.4, -0.2) is 234 Å². The van der Waals surface area contributed by atoms with Crippen LogP contribution in [0.15, 0.2) is 73.3 Å². The van der Waals surface area contributed by atoms with Crippen LogP contribution in [-0.2, 0) is 101 Å². The van der Waals surface area contributed by atoms with Crippen molar-refractivity contribution in [3.63, 3.8) is 0 Å². The first-order valence-corrected chi connectivity index (χ1v) is 36.0. The van der Waals surface area contributed by atoms with Crippen molar-refractivity contribution in [2.45, 2.75) is 197 Å². The number of primary amides is 4. The highest BCUT2D eigenvalue weighted by molar-refractivity contribution is 6.02. The van der Waals surface area contributed by atoms with Crippen LogP contribution >= 0.6 is 0 Å². The van der Waals surface area contributed by atoms with E-state index in [1.54, 1.807) is 74.6 Å². The first kappa shape index (κ1) is 84.4. The second kappa shape index (κ2) is 39.7. The summed E-state index contributed by atoms with van der Waals surface area (Å²) in [5.74, 6) is -17.1. The Labute approximate surface area is 626 Å². The highest BCUT2D eigenvalue weighted by atomic mass is 16.4. The molecule has 590 valence electrons. The summed E-state index contributed by atoms with van der Waals surface area (Å²) in [6.07, 6.45) is 2.03. The Morgan fingerprint density at radius 1 is 0.514 bits per heavy atom. The second-order valence-electron chi connectivity index (χ2n) is 28.1. The summed E-state index contributed by atoms with van der Waals surface area (Å²) in [6.45, 7) is 5.79. The van der Waals surface area contributed by atoms with Gasteiger partial charge in [-0.3, -0.25) is 76.7 Å². The average molecular weight is 1520 g/mol. The molecule has 4 aromatic rings. The van der Waals surface area contributed by atoms with Crippen molar-refractivity contribution < 1.29 is 86.6 Å². The number of nitrogens with two attached hydrogens (primary N) is 5. The number of aromatic amines is 2. The summed E-state index contributed by atoms with van der Waals surface area (Å²) >= 11 is 0. The summed E-state index contributed by atoms with van der Waals surface area (Å²) in [7, 11) is 0. The normalized spacial score (nSPS) is 17.9. The SMILES string of the molecule is CC(C)C[C@H](NC(=O)[C@@H](N)CCC(N)=O)C(=O)N[C@@H](Cc1ccccc1)C(=O)NCC(=O)N1CCC[C@H]1C(=O)N[C@@H](CC(N)=O)C(=O)N[C@H](C(=O)N[C@@H](CC(N)=O)C(=O)N1CCC[C@H]1C(=O)N[C@@H](Cc1c[nH]c2ccccc12)C(=O)N[C@@H](Cc1c[nH]cn1)C(=O)N[C@@H](CC(N)=O)C(=O)N1CCC[C@H]1C(=O)O)C(C)C. The highest BCUT2D eigenvalue weighted by Crippen LogP contribution is 2.25. The van der Waals surface area contributed by atoms with Crippen LogP contribution in [0.5, 0.6) is 0 Å². The third-order valence-electron chi connectivity index (χ3n) is 18.9. The van der Waals surface area contributed by atoms with Gasteiger partial charge in [-0.05, 0) is 80.4 Å². The number of imidazole rings is 1. The lowest BCUT2D eigenvalue weighted by Gasteiger charge is -2.31. The average Bonchev–Trinajstić information content (AvgIpc) is 1.76. The predicted octanol–water partition coefficient (Wildman–Crippen LogP) is -5.11. The van der Waals surface area contributed by atoms with E-state index in [0.717, 1.165) is 14.7 Å². The number of amides is 16. The fourth-order valence-corrected chi connectivity index (χ4v) is 13.4. The van der Waals surface area contributed by atoms with Gasteiger partial charge in [-0.2, -0.15) is 0 Å². The molecule has 0 spiro atoms. The van der Waals surface area contributed by atoms with Gasteiger partial charge in [0.15, 0.2) is 0 Å². The first-order valence-electron chi connectivity index (χ1n) is 36.0. The molecule has 109 heavy (non-hydrogen) atoms. The number of carbonyl (C=O) groups excluding carboxylic acids is 16. The summed E-state index contributed by atoms with van der Waals surface area (Å²) < 4.78 is 0. The molecule has 0 unspecified atom stereocenters. The molecule has 16 amide bonds. The van der Waals surface area contributed by atoms with Crippen LogP contribution in [0.2, 0.25) is 0 Å². The minimum Gasteiger partial charge on any atom is -0.480 e. The van der Waals surface area contributed by atoms with Gasteiger partial charge in [-0.25, -0.2) is 9.78 Å². The number of fused-ring (bicyclic) bond motifs is 1. The van der Waals surface area contributed by atoms with E-state index in [1.807, 2.05) is 0 Å². The zero-order valence-electron chi connectivity index (χ0n) is 61.0. The topological polar surface area (TPSA) is 603 Å². The Morgan fingerprint density at radius 3 is 1.56 bits per heavy atom. The molecule has 0 aliphatic carbocycles. The maximum Gasteiger partial charge on any atom is 0.326 e. The van der Waals surface area contributed by atoms with E-state index in [1.165, 1.54) is 26.4 Å². The van der Waals surface area contributed by atoms with Crippen molar-refractivity contribution in [2.24, 2.45) is 40.5 Å². The number of aliphatic carboxylic acids is 1. The molecule has 3 aliphatic rings. The van der Waals surface area contributed by atoms with Crippen LogP contribution in [0.3, 0.4) is 0 Å². The van der Waals surface area contributed by atoms with Gasteiger partial charge in [0.1, 0.15) is 66.5 Å². The smallest absolute Gasteiger partial charge is 0.326 e. The van der Waals surface area contributed by atoms with Gasteiger partial charge in [-0.15, -0.1) is 0 Å². The summed E-state index contributed by atoms with van der Waals surface area (Å²) in [5, 5.41) is 33.5. The van der Waals surface area contributed by atoms with Crippen molar-refractivity contribution in [1.29, 1.82) is 0 Å². The molecular formula is C71H98N20O18. The van der Waals surface area contributed by atoms with Crippen molar-refractivity contribution in [1.82, 2.24) is 77.5 Å². The molecule has 3 aliphatic heterocycles. The zero-order chi connectivity index (χ0) is 79.9. The second-order valence-corrected chi connectivity index (χ2v) is 28.1. The Kier molecular flexibility index (Phi) is 30.7. The Balaban J connectivity index is 1.03. The maximum atomic E-state index is 14.9. The molecule has 22 N–H and O–H groups in total. The molecule has 3 saturated heterocycles. The van der Waals surface area contributed by atoms with Crippen LogP contribution in [0, 0.1) is 11.8 Å². The Bertz CT molecular complexity index is 4000. The number of nitrogens with one attached hydrogen (secondary N) is 11. The van der Waals surface area contributed by atoms with Crippen molar-refractivity contribution >= 4 is 111 Å². The monoisotopic (exact) mass is 1520 g/mol. The first-order chi connectivity index (χ1) is 51.7. The van der Waals surface area contributed by atoms with Gasteiger partial charge in [-0.1, -0.05) is 76.2 Å². The van der Waals surface area contributed by atoms with E-state index in [2.05, 4.69) is 62.8 Å². The molecular weight excluding hydrogens is 1420 g/mol. The minimum atomic E-state index is -1.80. The van der Waals surface area contributed by atoms with E-state index in [-0.39, 0.29) is 102 Å². The van der Waals surface area contributed by atoms with Gasteiger partial charge in [0.05, 0.1) is 43.9 Å². The van der Waals surface area contributed by atoms with Crippen LogP contribution in [0.4, 0.5) is 0 Å². The van der Waals surface area contributed by atoms with Crippen molar-refractivity contribution in [3.05, 3.63) is 90.1 Å². The van der Waals surface area contributed by atoms with Crippen LogP contribution in [0.1, 0.15) is 122 Å². The van der Waals surface area contributed by atoms with E-state index >= 15 is 0 Å². The molecule has 38 heteroatoms. The summed E-state index contributed by atoms with van der Waals surface area (Å²) in [6, 6.07) is -1.98. The number of nitrogens with zero attached hydrogens (tertiary/aromatic N) is 4. The quantitative estimate of drug-likeness (QED) is 0.0198. The minimum absolute atomic E-state index is 0.000127. The van der Waals surface area contributed by atoms with Gasteiger partial charge in [0, 0.05) is 68.6 Å². The number of para-hydroxylation sites is 1. The predicted molar refractivity (Wildman–Crippen MR) is 387 cm³/mol. The highest BCUT2D eigenvalue weighted by Gasteiger charge is 2.44. The number of carbonyl (C=O) groups is 17. The van der Waals surface area contributed by atoms with Gasteiger partial charge < -0.3 is 106 Å². The lowest BCUT2D eigenvalue weighted by Crippen LogP contribution is -2.61. The lowest BCUT2D eigenvalue weighted by atomic mass is 10.0. The van der Waals surface area contributed by atoms with Crippen LogP contribution < -0.4 is 76.5 Å². The molecule has 7 rings (SSSR count). The molecule has 3 fully saturated rings. The number of likely N-dealkylation sites (tertiary alicyclic amines) is 3. The number of rotatable bonds is 40. The van der Waals surface area contributed by atoms with Gasteiger partial charge in [0.25, 0.3) is 0 Å². The van der Waals surface area contributed by atoms with E-state index in [4.69, 9.17) is 28.7 Å². The Hall–Kier alpha value is -11.9. The summed E-state index contributed by atoms with van der Waals surface area (Å²) in [5.41, 5.74) is 30.0. The van der Waals surface area contributed by atoms with Gasteiger partial charge in [0.2, 0.25) is 94.5 Å². The third-order valence-corrected chi connectivity index (χ3v) is 18.9. The fraction of sp³-hybridized carbons (Fsp3) is 0.521. The number of benzene rings is 2. The van der Waals surface area contributed by atoms with Crippen LogP contribution in [0.25, 0.3) is 10.9 Å². The standard InChI is InChI=1S/C71H98N20O18/c1-36(2)25-44(81-60(97)42(72)20-21-54(73)92)62(99)82-45(26-38-13-6-5-7-14-38)61(98)79-34-58(96)89-22-10-17-51(89)66(103)85-48(29-55(74)93)65(102)88-59(37(3)4)68(105)87-50(31-57(76)95)69(106)90-23-11-18-52(90)67(104)84-46(27-39-32-78-43-16-9-8-15-41(39)43)63(100)83-47(28-40-33-77-35-80-40)64(101)86-49(30-56(75)94)70(107)91-24-12-19-53(91)71(108)109/h5-9,13-16,32-33,35-37,42,44-53,59,78H,10-12,17-31,34,72H2,1-4H3,(H2,73,92)(H2,74,93)(H2,75,94)(H2,76,95)(H,77,80)(H,79,98)(H,81,97)(H,82,99)(H,83,100)(H,84,104)(H,85,103)(H,86,101)(H,87,105)(H,88,102)(H,108,109)/t42-,44-,45-,46-,47-,48-,49-,50-,51-,52-,53-,59-/m0/s1. The molecule has 2 aromatic heterocycles. The Morgan fingerprint density at radius 2 is 1.00 bits per heavy atom. The number of H-pyrrole nitrogens is 2. The number of carboxylic acid groups (broad SMARTS) is 1. The molecule has 0 bridgehead atoms. The third kappa shape index (κ3) is 24.3. The molecule has 0 saturated carbocycles. The molecule has 5 heterocycles. The van der Waals surface area contributed by atoms with E-state index in [0.29, 0.717) is 28.5 Å². The molecule has 2 aromatic carbocycles. The molecule has 12 atom stereocenters. The number of hydrogen-bond acceptors (Lipinski definition) is 19.